The molecule has 3 rings (SSSR count). The van der Waals surface area contributed by atoms with Crippen LogP contribution in [0.15, 0.2) is 66.7 Å². The average Bonchev–Trinajstić information content (AvgIpc) is 2.64. The molecule has 1 atom stereocenters. The topological polar surface area (TPSA) is 17.1 Å². The monoisotopic (exact) mass is 304 g/mol. The Morgan fingerprint density at radius 3 is 2.04 bits per heavy atom. The maximum atomic E-state index is 12.1. The molecule has 1 saturated carbocycles. The fourth-order valence-electron chi connectivity index (χ4n) is 3.78. The van der Waals surface area contributed by atoms with Crippen molar-refractivity contribution in [2.45, 2.75) is 38.0 Å². The summed E-state index contributed by atoms with van der Waals surface area (Å²) in [4.78, 5) is 12.1. The van der Waals surface area contributed by atoms with E-state index >= 15 is 0 Å². The molecule has 0 heterocycles. The lowest BCUT2D eigenvalue weighted by molar-refractivity contribution is -0.118. The summed E-state index contributed by atoms with van der Waals surface area (Å²) in [6, 6.07) is 20.8. The van der Waals surface area contributed by atoms with E-state index in [9.17, 15) is 4.79 Å². The number of hydrogen-bond acceptors (Lipinski definition) is 1. The highest BCUT2D eigenvalue weighted by atomic mass is 16.1. The van der Waals surface area contributed by atoms with Crippen LogP contribution in [0.5, 0.6) is 0 Å². The maximum absolute atomic E-state index is 12.1. The second-order valence-corrected chi connectivity index (χ2v) is 6.57. The van der Waals surface area contributed by atoms with E-state index in [1.54, 1.807) is 0 Å². The standard InChI is InChI=1S/C22H24O/c23-18-22(16-8-3-9-17-22)21(20-12-6-2-7-13-20)15-14-19-10-4-1-5-11-19/h1-2,4-7,10-15,18,21H,3,8-9,16-17H2/b15-14+/t21-/m0/s1. The Morgan fingerprint density at radius 1 is 0.826 bits per heavy atom. The fraction of sp³-hybridized carbons (Fsp3) is 0.318. The normalized spacial score (nSPS) is 18.6. The SMILES string of the molecule is O=CC1([C@@H](/C=C/c2ccccc2)c2ccccc2)CCCCC1. The summed E-state index contributed by atoms with van der Waals surface area (Å²) in [7, 11) is 0. The Morgan fingerprint density at radius 2 is 1.43 bits per heavy atom. The molecule has 0 bridgehead atoms. The van der Waals surface area contributed by atoms with E-state index in [2.05, 4.69) is 48.6 Å². The van der Waals surface area contributed by atoms with E-state index in [4.69, 9.17) is 0 Å². The van der Waals surface area contributed by atoms with Crippen molar-refractivity contribution in [2.24, 2.45) is 5.41 Å². The van der Waals surface area contributed by atoms with Crippen LogP contribution in [-0.2, 0) is 4.79 Å². The molecular formula is C22H24O. The minimum absolute atomic E-state index is 0.154. The first-order valence-electron chi connectivity index (χ1n) is 8.59. The van der Waals surface area contributed by atoms with Crippen molar-refractivity contribution in [1.82, 2.24) is 0 Å². The Balaban J connectivity index is 1.97. The van der Waals surface area contributed by atoms with Gasteiger partial charge in [0, 0.05) is 11.3 Å². The lowest BCUT2D eigenvalue weighted by Gasteiger charge is -2.38. The zero-order valence-electron chi connectivity index (χ0n) is 13.5. The van der Waals surface area contributed by atoms with E-state index < -0.39 is 0 Å². The summed E-state index contributed by atoms with van der Waals surface area (Å²) in [6.07, 6.45) is 11.2. The van der Waals surface area contributed by atoms with Gasteiger partial charge in [-0.1, -0.05) is 92.1 Å². The molecule has 0 N–H and O–H groups in total. The number of aldehydes is 1. The van der Waals surface area contributed by atoms with Gasteiger partial charge in [-0.15, -0.1) is 0 Å². The van der Waals surface area contributed by atoms with Crippen LogP contribution in [0.2, 0.25) is 0 Å². The number of allylic oxidation sites excluding steroid dienone is 1. The first-order valence-corrected chi connectivity index (χ1v) is 8.59. The van der Waals surface area contributed by atoms with Crippen LogP contribution in [-0.4, -0.2) is 6.29 Å². The van der Waals surface area contributed by atoms with Crippen LogP contribution in [0, 0.1) is 5.41 Å². The molecule has 1 fully saturated rings. The molecule has 0 amide bonds. The van der Waals surface area contributed by atoms with Crippen molar-refractivity contribution in [3.8, 4) is 0 Å². The van der Waals surface area contributed by atoms with Crippen LogP contribution in [0.1, 0.15) is 49.1 Å². The van der Waals surface area contributed by atoms with Crippen molar-refractivity contribution in [1.29, 1.82) is 0 Å². The summed E-state index contributed by atoms with van der Waals surface area (Å²) < 4.78 is 0. The molecule has 0 spiro atoms. The van der Waals surface area contributed by atoms with Gasteiger partial charge < -0.3 is 4.79 Å². The van der Waals surface area contributed by atoms with Crippen molar-refractivity contribution in [3.05, 3.63) is 77.9 Å². The number of benzene rings is 2. The van der Waals surface area contributed by atoms with Crippen LogP contribution in [0.3, 0.4) is 0 Å². The third-order valence-corrected chi connectivity index (χ3v) is 5.08. The van der Waals surface area contributed by atoms with E-state index in [1.165, 1.54) is 23.8 Å². The number of rotatable bonds is 5. The van der Waals surface area contributed by atoms with Crippen LogP contribution >= 0.6 is 0 Å². The zero-order valence-corrected chi connectivity index (χ0v) is 13.5. The molecule has 1 nitrogen and oxygen atoms in total. The summed E-state index contributed by atoms with van der Waals surface area (Å²) >= 11 is 0. The minimum Gasteiger partial charge on any atom is -0.303 e. The third kappa shape index (κ3) is 3.61. The van der Waals surface area contributed by atoms with Crippen molar-refractivity contribution in [2.75, 3.05) is 0 Å². The van der Waals surface area contributed by atoms with Gasteiger partial charge in [-0.25, -0.2) is 0 Å². The maximum Gasteiger partial charge on any atom is 0.127 e. The molecular weight excluding hydrogens is 280 g/mol. The molecule has 1 aliphatic carbocycles. The molecule has 2 aromatic carbocycles. The molecule has 118 valence electrons. The van der Waals surface area contributed by atoms with E-state index in [0.717, 1.165) is 25.7 Å². The fourth-order valence-corrected chi connectivity index (χ4v) is 3.78. The Kier molecular flexibility index (Phi) is 5.07. The number of carbonyl (C=O) groups is 1. The van der Waals surface area contributed by atoms with Crippen LogP contribution < -0.4 is 0 Å². The van der Waals surface area contributed by atoms with Gasteiger partial charge in [0.25, 0.3) is 0 Å². The first-order chi connectivity index (χ1) is 11.3. The molecule has 0 radical (unpaired) electrons. The Labute approximate surface area is 139 Å². The van der Waals surface area contributed by atoms with Crippen LogP contribution in [0.25, 0.3) is 6.08 Å². The van der Waals surface area contributed by atoms with Crippen molar-refractivity contribution >= 4 is 12.4 Å². The first kappa shape index (κ1) is 15.7. The van der Waals surface area contributed by atoms with Crippen molar-refractivity contribution < 1.29 is 4.79 Å². The minimum atomic E-state index is -0.245. The lowest BCUT2D eigenvalue weighted by atomic mass is 9.64. The third-order valence-electron chi connectivity index (χ3n) is 5.08. The Bertz CT molecular complexity index is 636. The highest BCUT2D eigenvalue weighted by Crippen LogP contribution is 2.46. The van der Waals surface area contributed by atoms with Crippen molar-refractivity contribution in [3.63, 3.8) is 0 Å². The molecule has 1 aliphatic rings. The summed E-state index contributed by atoms with van der Waals surface area (Å²) in [5, 5.41) is 0. The molecule has 0 aromatic heterocycles. The molecule has 1 heteroatoms. The molecule has 0 aliphatic heterocycles. The quantitative estimate of drug-likeness (QED) is 0.654. The lowest BCUT2D eigenvalue weighted by Crippen LogP contribution is -2.32. The molecule has 0 saturated heterocycles. The predicted molar refractivity (Wildman–Crippen MR) is 96.2 cm³/mol. The average molecular weight is 304 g/mol. The largest absolute Gasteiger partial charge is 0.303 e. The predicted octanol–water partition coefficient (Wildman–Crippen LogP) is 5.63. The summed E-state index contributed by atoms with van der Waals surface area (Å²) in [6.45, 7) is 0. The van der Waals surface area contributed by atoms with E-state index in [-0.39, 0.29) is 11.3 Å². The van der Waals surface area contributed by atoms with Gasteiger partial charge in [0.2, 0.25) is 0 Å². The number of carbonyl (C=O) groups excluding carboxylic acids is 1. The molecule has 0 unspecified atom stereocenters. The molecule has 23 heavy (non-hydrogen) atoms. The van der Waals surface area contributed by atoms with Gasteiger partial charge in [0.1, 0.15) is 6.29 Å². The molecule has 2 aromatic rings. The van der Waals surface area contributed by atoms with E-state index in [0.29, 0.717) is 0 Å². The highest BCUT2D eigenvalue weighted by molar-refractivity contribution is 5.64. The second kappa shape index (κ2) is 7.41. The van der Waals surface area contributed by atoms with Gasteiger partial charge in [0.15, 0.2) is 0 Å². The van der Waals surface area contributed by atoms with Gasteiger partial charge >= 0.3 is 0 Å². The Hall–Kier alpha value is -2.15. The highest BCUT2D eigenvalue weighted by Gasteiger charge is 2.39. The van der Waals surface area contributed by atoms with E-state index in [1.807, 2.05) is 24.3 Å². The smallest absolute Gasteiger partial charge is 0.127 e. The van der Waals surface area contributed by atoms with Gasteiger partial charge in [-0.3, -0.25) is 0 Å². The van der Waals surface area contributed by atoms with Crippen LogP contribution in [0.4, 0.5) is 0 Å². The summed E-state index contributed by atoms with van der Waals surface area (Å²) in [5.74, 6) is 0.154. The van der Waals surface area contributed by atoms with Gasteiger partial charge in [-0.2, -0.15) is 0 Å². The second-order valence-electron chi connectivity index (χ2n) is 6.57. The zero-order chi connectivity index (χ0) is 16.0. The summed E-state index contributed by atoms with van der Waals surface area (Å²) in [5.41, 5.74) is 2.18. The number of hydrogen-bond donors (Lipinski definition) is 0. The van der Waals surface area contributed by atoms with Gasteiger partial charge in [-0.05, 0) is 24.0 Å². The van der Waals surface area contributed by atoms with Gasteiger partial charge in [0.05, 0.1) is 0 Å².